The molecule has 0 aliphatic heterocycles. The zero-order valence-corrected chi connectivity index (χ0v) is 31.7. The third-order valence-electron chi connectivity index (χ3n) is 11.5. The van der Waals surface area contributed by atoms with Gasteiger partial charge in [-0.15, -0.1) is 0 Å². The fourth-order valence-electron chi connectivity index (χ4n) is 8.73. The highest BCUT2D eigenvalue weighted by molar-refractivity contribution is 6.19. The first-order valence-electron chi connectivity index (χ1n) is 19.8. The monoisotopic (exact) mass is 739 g/mol. The molecule has 2 heteroatoms. The number of hydrogen-bond donors (Lipinski definition) is 0. The van der Waals surface area contributed by atoms with Crippen LogP contribution in [0.25, 0.3) is 88.0 Å². The van der Waals surface area contributed by atoms with E-state index in [2.05, 4.69) is 229 Å². The molecule has 11 aromatic rings. The van der Waals surface area contributed by atoms with Gasteiger partial charge < -0.3 is 9.32 Å². The lowest BCUT2D eigenvalue weighted by molar-refractivity contribution is 0.670. The van der Waals surface area contributed by atoms with Gasteiger partial charge in [0.15, 0.2) is 5.58 Å². The molecule has 0 spiro atoms. The fourth-order valence-corrected chi connectivity index (χ4v) is 8.73. The van der Waals surface area contributed by atoms with Crippen molar-refractivity contribution in [2.45, 2.75) is 0 Å². The van der Waals surface area contributed by atoms with Gasteiger partial charge >= 0.3 is 0 Å². The number of rotatable bonds is 7. The third kappa shape index (κ3) is 5.74. The number of para-hydroxylation sites is 1. The predicted octanol–water partition coefficient (Wildman–Crippen LogP) is 16.0. The van der Waals surface area contributed by atoms with Crippen molar-refractivity contribution in [3.63, 3.8) is 0 Å². The summed E-state index contributed by atoms with van der Waals surface area (Å²) in [6.45, 7) is 0. The highest BCUT2D eigenvalue weighted by Crippen LogP contribution is 2.47. The number of anilines is 3. The van der Waals surface area contributed by atoms with Gasteiger partial charge in [0.2, 0.25) is 0 Å². The molecule has 0 atom stereocenters. The Bertz CT molecular complexity index is 3120. The van der Waals surface area contributed by atoms with E-state index in [1.54, 1.807) is 0 Å². The van der Waals surface area contributed by atoms with Gasteiger partial charge in [0.05, 0.1) is 5.69 Å². The Balaban J connectivity index is 1.12. The van der Waals surface area contributed by atoms with E-state index in [0.29, 0.717) is 0 Å². The Morgan fingerprint density at radius 3 is 1.28 bits per heavy atom. The molecule has 1 heterocycles. The Morgan fingerprint density at radius 1 is 0.276 bits per heavy atom. The SMILES string of the molecule is c1ccc(-c2ccc(-c3ccccc3)c3c2oc2c(N(c4ccc(-c5cccc6ccccc56)cc4)c4ccc(-c5cccc6ccccc56)cc4)cccc23)cc1. The summed E-state index contributed by atoms with van der Waals surface area (Å²) in [5, 5.41) is 7.15. The molecule has 0 aliphatic carbocycles. The molecule has 0 saturated carbocycles. The number of hydrogen-bond acceptors (Lipinski definition) is 2. The van der Waals surface area contributed by atoms with Crippen LogP contribution in [0.15, 0.2) is 229 Å². The Labute approximate surface area is 337 Å². The highest BCUT2D eigenvalue weighted by Gasteiger charge is 2.23. The third-order valence-corrected chi connectivity index (χ3v) is 11.5. The van der Waals surface area contributed by atoms with E-state index in [4.69, 9.17) is 4.42 Å². The van der Waals surface area contributed by atoms with Crippen molar-refractivity contribution < 1.29 is 4.42 Å². The van der Waals surface area contributed by atoms with Crippen LogP contribution >= 0.6 is 0 Å². The van der Waals surface area contributed by atoms with E-state index in [1.165, 1.54) is 43.8 Å². The normalized spacial score (nSPS) is 11.4. The molecule has 0 aliphatic rings. The largest absolute Gasteiger partial charge is 0.453 e. The van der Waals surface area contributed by atoms with Crippen molar-refractivity contribution in [3.05, 3.63) is 224 Å². The van der Waals surface area contributed by atoms with Crippen LogP contribution in [0.5, 0.6) is 0 Å². The molecule has 0 N–H and O–H groups in total. The van der Waals surface area contributed by atoms with E-state index < -0.39 is 0 Å². The quantitative estimate of drug-likeness (QED) is 0.162. The second-order valence-electron chi connectivity index (χ2n) is 14.8. The molecular formula is C56H37NO. The Morgan fingerprint density at radius 2 is 0.707 bits per heavy atom. The van der Waals surface area contributed by atoms with Gasteiger partial charge in [0, 0.05) is 27.7 Å². The molecule has 0 bridgehead atoms. The van der Waals surface area contributed by atoms with E-state index in [0.717, 1.165) is 61.3 Å². The second-order valence-corrected chi connectivity index (χ2v) is 14.8. The maximum atomic E-state index is 7.20. The van der Waals surface area contributed by atoms with E-state index in [-0.39, 0.29) is 0 Å². The molecule has 0 radical (unpaired) electrons. The molecule has 2 nitrogen and oxygen atoms in total. The molecule has 58 heavy (non-hydrogen) atoms. The number of fused-ring (bicyclic) bond motifs is 5. The van der Waals surface area contributed by atoms with Crippen molar-refractivity contribution >= 4 is 60.5 Å². The minimum absolute atomic E-state index is 0.842. The molecule has 11 rings (SSSR count). The Kier molecular flexibility index (Phi) is 8.19. The van der Waals surface area contributed by atoms with Crippen molar-refractivity contribution in [2.75, 3.05) is 4.90 Å². The van der Waals surface area contributed by atoms with Crippen LogP contribution < -0.4 is 4.90 Å². The summed E-state index contributed by atoms with van der Waals surface area (Å²) in [7, 11) is 0. The van der Waals surface area contributed by atoms with Crippen molar-refractivity contribution in [1.82, 2.24) is 0 Å². The number of benzene rings is 10. The first-order chi connectivity index (χ1) is 28.8. The first kappa shape index (κ1) is 33.6. The van der Waals surface area contributed by atoms with Crippen LogP contribution in [0, 0.1) is 0 Å². The predicted molar refractivity (Wildman–Crippen MR) is 245 cm³/mol. The maximum Gasteiger partial charge on any atom is 0.159 e. The lowest BCUT2D eigenvalue weighted by Gasteiger charge is -2.26. The minimum Gasteiger partial charge on any atom is -0.453 e. The molecule has 0 fully saturated rings. The van der Waals surface area contributed by atoms with Crippen LogP contribution in [0.4, 0.5) is 17.1 Å². The number of nitrogens with zero attached hydrogens (tertiary/aromatic N) is 1. The van der Waals surface area contributed by atoms with Crippen LogP contribution in [0.2, 0.25) is 0 Å². The van der Waals surface area contributed by atoms with Gasteiger partial charge in [-0.1, -0.05) is 188 Å². The Hall–Kier alpha value is -7.68. The fraction of sp³-hybridized carbons (Fsp3) is 0. The smallest absolute Gasteiger partial charge is 0.159 e. The van der Waals surface area contributed by atoms with Gasteiger partial charge in [0.25, 0.3) is 0 Å². The van der Waals surface area contributed by atoms with Crippen molar-refractivity contribution in [1.29, 1.82) is 0 Å². The summed E-state index contributed by atoms with van der Waals surface area (Å²) in [4.78, 5) is 2.34. The lowest BCUT2D eigenvalue weighted by Crippen LogP contribution is -2.10. The second kappa shape index (κ2) is 14.1. The van der Waals surface area contributed by atoms with Crippen molar-refractivity contribution in [3.8, 4) is 44.5 Å². The molecule has 0 unspecified atom stereocenters. The number of furan rings is 1. The van der Waals surface area contributed by atoms with Crippen LogP contribution in [0.3, 0.4) is 0 Å². The van der Waals surface area contributed by atoms with Gasteiger partial charge in [-0.2, -0.15) is 0 Å². The highest BCUT2D eigenvalue weighted by atomic mass is 16.3. The zero-order valence-electron chi connectivity index (χ0n) is 31.7. The molecule has 10 aromatic carbocycles. The van der Waals surface area contributed by atoms with Gasteiger partial charge in [-0.05, 0) is 96.9 Å². The van der Waals surface area contributed by atoms with Crippen LogP contribution in [0.1, 0.15) is 0 Å². The molecular weight excluding hydrogens is 703 g/mol. The summed E-state index contributed by atoms with van der Waals surface area (Å²) < 4.78 is 7.20. The summed E-state index contributed by atoms with van der Waals surface area (Å²) >= 11 is 0. The zero-order chi connectivity index (χ0) is 38.4. The molecule has 0 saturated heterocycles. The average molecular weight is 740 g/mol. The van der Waals surface area contributed by atoms with E-state index in [1.807, 2.05) is 0 Å². The lowest BCUT2D eigenvalue weighted by atomic mass is 9.94. The summed E-state index contributed by atoms with van der Waals surface area (Å²) in [6, 6.07) is 80.4. The summed E-state index contributed by atoms with van der Waals surface area (Å²) in [6.07, 6.45) is 0. The van der Waals surface area contributed by atoms with Gasteiger partial charge in [0.1, 0.15) is 5.58 Å². The minimum atomic E-state index is 0.842. The molecule has 272 valence electrons. The average Bonchev–Trinajstić information content (AvgIpc) is 3.70. The first-order valence-corrected chi connectivity index (χ1v) is 19.8. The molecule has 1 aromatic heterocycles. The van der Waals surface area contributed by atoms with Crippen LogP contribution in [-0.2, 0) is 0 Å². The van der Waals surface area contributed by atoms with Gasteiger partial charge in [-0.25, -0.2) is 0 Å². The van der Waals surface area contributed by atoms with Gasteiger partial charge in [-0.3, -0.25) is 0 Å². The van der Waals surface area contributed by atoms with Crippen molar-refractivity contribution in [2.24, 2.45) is 0 Å². The van der Waals surface area contributed by atoms with E-state index in [9.17, 15) is 0 Å². The standard InChI is InChI=1S/C56H37NO/c1-3-14-40(15-4-1)50-36-37-51(41-16-5-2-6-17-41)56-54(50)52-26-13-27-53(55(52)58-56)57(44-32-28-42(29-33-44)48-24-11-20-38-18-7-9-22-46(38)48)45-34-30-43(31-35-45)49-25-12-21-39-19-8-10-23-47(39)49/h1-37H. The summed E-state index contributed by atoms with van der Waals surface area (Å²) in [5.41, 5.74) is 14.1. The summed E-state index contributed by atoms with van der Waals surface area (Å²) in [5.74, 6) is 0. The van der Waals surface area contributed by atoms with E-state index >= 15 is 0 Å². The topological polar surface area (TPSA) is 16.4 Å². The maximum absolute atomic E-state index is 7.20. The van der Waals surface area contributed by atoms with Crippen LogP contribution in [-0.4, -0.2) is 0 Å². The molecule has 0 amide bonds.